The summed E-state index contributed by atoms with van der Waals surface area (Å²) >= 11 is 0. The molecule has 2 heterocycles. The van der Waals surface area contributed by atoms with E-state index in [4.69, 9.17) is 0 Å². The molecular formula is C17H14F3N3O4. The van der Waals surface area contributed by atoms with E-state index >= 15 is 0 Å². The monoisotopic (exact) mass is 381 g/mol. The van der Waals surface area contributed by atoms with Gasteiger partial charge in [0, 0.05) is 18.0 Å². The summed E-state index contributed by atoms with van der Waals surface area (Å²) in [7, 11) is 0. The molecule has 1 aliphatic rings. The van der Waals surface area contributed by atoms with Gasteiger partial charge in [-0.15, -0.1) is 0 Å². The fourth-order valence-corrected chi connectivity index (χ4v) is 2.99. The first-order valence-electron chi connectivity index (χ1n) is 7.74. The molecule has 2 aromatic rings. The lowest BCUT2D eigenvalue weighted by molar-refractivity contribution is -0.287. The number of aliphatic hydroxyl groups is 1. The number of nitrogens with one attached hydrogen (secondary N) is 2. The Hall–Kier alpha value is -3.14. The van der Waals surface area contributed by atoms with Crippen molar-refractivity contribution in [3.05, 3.63) is 59.9 Å². The molecule has 0 radical (unpaired) electrons. The number of nitrogens with zero attached hydrogens (tertiary/aromatic N) is 1. The zero-order valence-corrected chi connectivity index (χ0v) is 13.6. The highest BCUT2D eigenvalue weighted by Gasteiger charge is 2.66. The smallest absolute Gasteiger partial charge is 0.437 e. The van der Waals surface area contributed by atoms with E-state index in [1.165, 1.54) is 47.9 Å². The number of phenolic OH excluding ortho intramolecular Hbond substituents is 1. The first-order chi connectivity index (χ1) is 12.6. The highest BCUT2D eigenvalue weighted by Crippen LogP contribution is 2.44. The van der Waals surface area contributed by atoms with Gasteiger partial charge < -0.3 is 20.8 Å². The van der Waals surface area contributed by atoms with E-state index < -0.39 is 35.7 Å². The Morgan fingerprint density at radius 3 is 2.41 bits per heavy atom. The quantitative estimate of drug-likeness (QED) is 0.607. The molecule has 3 atom stereocenters. The topological polar surface area (TPSA) is 112 Å². The normalized spacial score (nSPS) is 25.4. The lowest BCUT2D eigenvalue weighted by atomic mass is 9.77. The van der Waals surface area contributed by atoms with Crippen LogP contribution in [0.1, 0.15) is 22.0 Å². The Kier molecular flexibility index (Phi) is 4.52. The molecule has 3 rings (SSSR count). The van der Waals surface area contributed by atoms with Crippen LogP contribution in [0.5, 0.6) is 5.75 Å². The lowest BCUT2D eigenvalue weighted by Crippen LogP contribution is -2.72. The zero-order chi connectivity index (χ0) is 19.8. The SMILES string of the molecule is O=C1N[C@@H](c2ccc(O)cc2)[C@H](C(=O)c2cccnc2)[C@@](O)(C(F)(F)F)N1. The van der Waals surface area contributed by atoms with Crippen LogP contribution in [0.4, 0.5) is 18.0 Å². The summed E-state index contributed by atoms with van der Waals surface area (Å²) in [6.07, 6.45) is -2.92. The van der Waals surface area contributed by atoms with Crippen molar-refractivity contribution in [3.63, 3.8) is 0 Å². The van der Waals surface area contributed by atoms with E-state index in [2.05, 4.69) is 10.3 Å². The fourth-order valence-electron chi connectivity index (χ4n) is 2.99. The third-order valence-corrected chi connectivity index (χ3v) is 4.29. The van der Waals surface area contributed by atoms with Crippen LogP contribution < -0.4 is 10.6 Å². The number of halogens is 3. The van der Waals surface area contributed by atoms with Crippen molar-refractivity contribution < 1.29 is 33.0 Å². The third kappa shape index (κ3) is 3.31. The molecule has 4 N–H and O–H groups in total. The standard InChI is InChI=1S/C17H14F3N3O4/c18-17(19,20)16(27)12(14(25)10-2-1-7-21-8-10)13(22-15(26)23-16)9-3-5-11(24)6-4-9/h1-8,12-13,24,27H,(H2,22,23,26)/t12-,13+,16-/m1/s1. The molecule has 0 spiro atoms. The number of hydrogen-bond acceptors (Lipinski definition) is 5. The highest BCUT2D eigenvalue weighted by atomic mass is 19.4. The summed E-state index contributed by atoms with van der Waals surface area (Å²) in [5.41, 5.74) is -3.86. The highest BCUT2D eigenvalue weighted by molar-refractivity contribution is 6.00. The number of pyridine rings is 1. The van der Waals surface area contributed by atoms with Gasteiger partial charge in [-0.25, -0.2) is 4.79 Å². The second-order valence-corrected chi connectivity index (χ2v) is 6.02. The largest absolute Gasteiger partial charge is 0.508 e. The molecule has 1 aliphatic heterocycles. The predicted octanol–water partition coefficient (Wildman–Crippen LogP) is 1.89. The Balaban J connectivity index is 2.15. The molecular weight excluding hydrogens is 367 g/mol. The maximum atomic E-state index is 13.7. The number of ketones is 1. The number of aromatic hydroxyl groups is 1. The molecule has 0 saturated carbocycles. The van der Waals surface area contributed by atoms with Crippen LogP contribution in [0.15, 0.2) is 48.8 Å². The Morgan fingerprint density at radius 1 is 1.19 bits per heavy atom. The van der Waals surface area contributed by atoms with Gasteiger partial charge in [0.05, 0.1) is 6.04 Å². The second-order valence-electron chi connectivity index (χ2n) is 6.02. The Morgan fingerprint density at radius 2 is 1.85 bits per heavy atom. The van der Waals surface area contributed by atoms with Crippen molar-refractivity contribution in [1.29, 1.82) is 0 Å². The van der Waals surface area contributed by atoms with Crippen LogP contribution in [0.25, 0.3) is 0 Å². The second kappa shape index (κ2) is 6.54. The van der Waals surface area contributed by atoms with E-state index in [-0.39, 0.29) is 16.9 Å². The molecule has 1 fully saturated rings. The molecule has 1 saturated heterocycles. The maximum absolute atomic E-state index is 13.7. The van der Waals surface area contributed by atoms with Crippen LogP contribution in [0.3, 0.4) is 0 Å². The van der Waals surface area contributed by atoms with Gasteiger partial charge in [-0.1, -0.05) is 12.1 Å². The lowest BCUT2D eigenvalue weighted by Gasteiger charge is -2.45. The number of aromatic nitrogens is 1. The van der Waals surface area contributed by atoms with Gasteiger partial charge in [-0.05, 0) is 29.8 Å². The molecule has 27 heavy (non-hydrogen) atoms. The van der Waals surface area contributed by atoms with E-state index in [1.807, 2.05) is 0 Å². The first-order valence-corrected chi connectivity index (χ1v) is 7.74. The van der Waals surface area contributed by atoms with Gasteiger partial charge in [0.2, 0.25) is 5.72 Å². The number of benzene rings is 1. The molecule has 2 amide bonds. The van der Waals surface area contributed by atoms with Crippen LogP contribution in [-0.2, 0) is 0 Å². The van der Waals surface area contributed by atoms with Crippen LogP contribution in [0.2, 0.25) is 0 Å². The number of amides is 2. The Bertz CT molecular complexity index is 858. The van der Waals surface area contributed by atoms with Crippen molar-refractivity contribution in [2.75, 3.05) is 0 Å². The Labute approximate surface area is 150 Å². The third-order valence-electron chi connectivity index (χ3n) is 4.29. The number of hydrogen-bond donors (Lipinski definition) is 4. The molecule has 10 heteroatoms. The van der Waals surface area contributed by atoms with Crippen LogP contribution in [-0.4, -0.2) is 38.9 Å². The number of phenols is 1. The maximum Gasteiger partial charge on any atom is 0.437 e. The van der Waals surface area contributed by atoms with Crippen molar-refractivity contribution in [1.82, 2.24) is 15.6 Å². The molecule has 1 aromatic carbocycles. The number of alkyl halides is 3. The summed E-state index contributed by atoms with van der Waals surface area (Å²) in [6.45, 7) is 0. The fraction of sp³-hybridized carbons (Fsp3) is 0.235. The average Bonchev–Trinajstić information content (AvgIpc) is 2.61. The number of Topliss-reactive ketones (excluding diaryl/α,β-unsaturated/α-hetero) is 1. The van der Waals surface area contributed by atoms with Crippen molar-refractivity contribution in [2.24, 2.45) is 5.92 Å². The van der Waals surface area contributed by atoms with Gasteiger partial charge in [-0.3, -0.25) is 9.78 Å². The number of carbonyl (C=O) groups excluding carboxylic acids is 2. The zero-order valence-electron chi connectivity index (χ0n) is 13.6. The predicted molar refractivity (Wildman–Crippen MR) is 85.6 cm³/mol. The first kappa shape index (κ1) is 18.6. The molecule has 0 unspecified atom stereocenters. The summed E-state index contributed by atoms with van der Waals surface area (Å²) < 4.78 is 41.0. The minimum absolute atomic E-state index is 0.104. The summed E-state index contributed by atoms with van der Waals surface area (Å²) in [5, 5.41) is 23.4. The van der Waals surface area contributed by atoms with Crippen molar-refractivity contribution in [2.45, 2.75) is 17.9 Å². The van der Waals surface area contributed by atoms with Gasteiger partial charge in [0.25, 0.3) is 0 Å². The molecule has 0 bridgehead atoms. The van der Waals surface area contributed by atoms with Crippen molar-refractivity contribution >= 4 is 11.8 Å². The minimum atomic E-state index is -5.33. The van der Waals surface area contributed by atoms with E-state index in [0.29, 0.717) is 0 Å². The van der Waals surface area contributed by atoms with Gasteiger partial charge in [0.1, 0.15) is 11.7 Å². The molecule has 1 aromatic heterocycles. The van der Waals surface area contributed by atoms with E-state index in [1.54, 1.807) is 0 Å². The van der Waals surface area contributed by atoms with Gasteiger partial charge >= 0.3 is 12.2 Å². The molecule has 142 valence electrons. The number of rotatable bonds is 3. The van der Waals surface area contributed by atoms with E-state index in [0.717, 1.165) is 6.20 Å². The summed E-state index contributed by atoms with van der Waals surface area (Å²) in [6, 6.07) is 4.74. The van der Waals surface area contributed by atoms with E-state index in [9.17, 15) is 33.0 Å². The average molecular weight is 381 g/mol. The minimum Gasteiger partial charge on any atom is -0.508 e. The van der Waals surface area contributed by atoms with Gasteiger partial charge in [0.15, 0.2) is 5.78 Å². The van der Waals surface area contributed by atoms with Gasteiger partial charge in [-0.2, -0.15) is 13.2 Å². The van der Waals surface area contributed by atoms with Crippen molar-refractivity contribution in [3.8, 4) is 5.75 Å². The summed E-state index contributed by atoms with van der Waals surface area (Å²) in [4.78, 5) is 28.4. The number of urea groups is 1. The van der Waals surface area contributed by atoms with Crippen LogP contribution in [0, 0.1) is 5.92 Å². The molecule has 7 nitrogen and oxygen atoms in total. The number of carbonyl (C=O) groups is 2. The molecule has 0 aliphatic carbocycles. The summed E-state index contributed by atoms with van der Waals surface area (Å²) in [5.74, 6) is -3.35. The van der Waals surface area contributed by atoms with Crippen LogP contribution >= 0.6 is 0 Å².